The van der Waals surface area contributed by atoms with Crippen LogP contribution < -0.4 is 11.1 Å². The Morgan fingerprint density at radius 2 is 2.14 bits per heavy atom. The molecule has 2 rings (SSSR count). The number of nitro benzene ring substituents is 1. The molecule has 0 unspecified atom stereocenters. The van der Waals surface area contributed by atoms with Crippen LogP contribution in [0.1, 0.15) is 21.7 Å². The molecule has 1 heterocycles. The molecule has 0 aliphatic rings. The van der Waals surface area contributed by atoms with Gasteiger partial charge in [-0.05, 0) is 19.1 Å². The maximum Gasteiger partial charge on any atom is 0.292 e. The number of carbonyl (C=O) groups is 1. The van der Waals surface area contributed by atoms with Gasteiger partial charge in [0.1, 0.15) is 5.69 Å². The number of amides is 1. The fourth-order valence-electron chi connectivity index (χ4n) is 1.65. The monoisotopic (exact) mass is 287 g/mol. The number of aryl methyl sites for hydroxylation is 1. The first-order valence-corrected chi connectivity index (χ1v) is 6.07. The fraction of sp³-hybridized carbons (Fsp3) is 0.154. The van der Waals surface area contributed by atoms with E-state index in [1.165, 1.54) is 18.2 Å². The highest BCUT2D eigenvalue weighted by Gasteiger charge is 2.14. The maximum absolute atomic E-state index is 11.9. The summed E-state index contributed by atoms with van der Waals surface area (Å²) < 4.78 is 0. The van der Waals surface area contributed by atoms with E-state index in [9.17, 15) is 14.9 Å². The second-order valence-electron chi connectivity index (χ2n) is 4.36. The predicted molar refractivity (Wildman–Crippen MR) is 75.4 cm³/mol. The lowest BCUT2D eigenvalue weighted by atomic mass is 10.1. The molecule has 0 aliphatic heterocycles. The number of rotatable bonds is 4. The second-order valence-corrected chi connectivity index (χ2v) is 4.36. The van der Waals surface area contributed by atoms with Gasteiger partial charge in [0.15, 0.2) is 0 Å². The van der Waals surface area contributed by atoms with Crippen molar-refractivity contribution in [3.05, 3.63) is 57.7 Å². The lowest BCUT2D eigenvalue weighted by molar-refractivity contribution is -0.383. The first-order chi connectivity index (χ1) is 9.97. The lowest BCUT2D eigenvalue weighted by Gasteiger charge is -2.06. The van der Waals surface area contributed by atoms with Crippen molar-refractivity contribution in [1.29, 1.82) is 0 Å². The molecule has 0 spiro atoms. The van der Waals surface area contributed by atoms with Gasteiger partial charge in [-0.2, -0.15) is 0 Å². The van der Waals surface area contributed by atoms with E-state index in [0.29, 0.717) is 5.69 Å². The van der Waals surface area contributed by atoms with Gasteiger partial charge in [-0.25, -0.2) is 0 Å². The maximum atomic E-state index is 11.9. The Balaban J connectivity index is 2.05. The highest BCUT2D eigenvalue weighted by Crippen LogP contribution is 2.21. The smallest absolute Gasteiger partial charge is 0.292 e. The summed E-state index contributed by atoms with van der Waals surface area (Å²) in [5, 5.41) is 13.3. The van der Waals surface area contributed by atoms with Gasteiger partial charge < -0.3 is 11.1 Å². The minimum absolute atomic E-state index is 0.0530. The Kier molecular flexibility index (Phi) is 4.07. The van der Waals surface area contributed by atoms with Crippen molar-refractivity contribution in [2.45, 2.75) is 13.5 Å². The zero-order valence-corrected chi connectivity index (χ0v) is 11.2. The molecule has 8 nitrogen and oxygen atoms in total. The second kappa shape index (κ2) is 5.95. The van der Waals surface area contributed by atoms with E-state index in [2.05, 4.69) is 15.3 Å². The number of nitrogens with one attached hydrogen (secondary N) is 1. The van der Waals surface area contributed by atoms with E-state index >= 15 is 0 Å². The van der Waals surface area contributed by atoms with Gasteiger partial charge in [0.05, 0.1) is 29.1 Å². The molecular formula is C13H13N5O3. The molecule has 0 fully saturated rings. The van der Waals surface area contributed by atoms with E-state index in [4.69, 9.17) is 5.73 Å². The molecule has 0 radical (unpaired) electrons. The van der Waals surface area contributed by atoms with Crippen LogP contribution in [0.4, 0.5) is 11.4 Å². The highest BCUT2D eigenvalue weighted by molar-refractivity contribution is 5.95. The number of nitro groups is 1. The molecule has 108 valence electrons. The normalized spacial score (nSPS) is 10.1. The summed E-state index contributed by atoms with van der Waals surface area (Å²) in [6.45, 7) is 2.03. The molecule has 0 saturated carbocycles. The van der Waals surface area contributed by atoms with Crippen LogP contribution in [0.2, 0.25) is 0 Å². The standard InChI is InChI=1S/C13H13N5O3/c1-8-5-16-10(6-15-8)7-17-13(19)9-2-3-12(18(20)21)11(14)4-9/h2-6H,7,14H2,1H3,(H,17,19). The molecule has 2 aromatic rings. The average molecular weight is 287 g/mol. The van der Waals surface area contributed by atoms with E-state index in [1.54, 1.807) is 12.4 Å². The van der Waals surface area contributed by atoms with Crippen molar-refractivity contribution >= 4 is 17.3 Å². The van der Waals surface area contributed by atoms with E-state index in [0.717, 1.165) is 5.69 Å². The summed E-state index contributed by atoms with van der Waals surface area (Å²) in [6, 6.07) is 3.83. The largest absolute Gasteiger partial charge is 0.393 e. The molecular weight excluding hydrogens is 274 g/mol. The highest BCUT2D eigenvalue weighted by atomic mass is 16.6. The first-order valence-electron chi connectivity index (χ1n) is 6.07. The summed E-state index contributed by atoms with van der Waals surface area (Å²) in [5.41, 5.74) is 6.91. The van der Waals surface area contributed by atoms with Crippen LogP contribution in [-0.4, -0.2) is 20.8 Å². The van der Waals surface area contributed by atoms with E-state index in [1.807, 2.05) is 6.92 Å². The third-order valence-corrected chi connectivity index (χ3v) is 2.75. The third-order valence-electron chi connectivity index (χ3n) is 2.75. The SMILES string of the molecule is Cc1cnc(CNC(=O)c2ccc([N+](=O)[O-])c(N)c2)cn1. The number of benzene rings is 1. The number of anilines is 1. The van der Waals surface area contributed by atoms with Crippen LogP contribution in [0.15, 0.2) is 30.6 Å². The zero-order chi connectivity index (χ0) is 15.4. The number of hydrogen-bond donors (Lipinski definition) is 2. The van der Waals surface area contributed by atoms with Crippen molar-refractivity contribution in [3.63, 3.8) is 0 Å². The Bertz CT molecular complexity index is 685. The van der Waals surface area contributed by atoms with Crippen molar-refractivity contribution in [1.82, 2.24) is 15.3 Å². The molecule has 0 saturated heterocycles. The fourth-order valence-corrected chi connectivity index (χ4v) is 1.65. The summed E-state index contributed by atoms with van der Waals surface area (Å²) in [7, 11) is 0. The molecule has 1 aromatic heterocycles. The minimum Gasteiger partial charge on any atom is -0.393 e. The van der Waals surface area contributed by atoms with Crippen LogP contribution in [0.25, 0.3) is 0 Å². The predicted octanol–water partition coefficient (Wildman–Crippen LogP) is 1.21. The summed E-state index contributed by atoms with van der Waals surface area (Å²) in [5.74, 6) is -0.390. The number of aromatic nitrogens is 2. The van der Waals surface area contributed by atoms with Gasteiger partial charge in [-0.1, -0.05) is 0 Å². The molecule has 0 aliphatic carbocycles. The number of nitrogens with two attached hydrogens (primary N) is 1. The summed E-state index contributed by atoms with van der Waals surface area (Å²) in [6.07, 6.45) is 3.17. The Morgan fingerprint density at radius 3 is 2.71 bits per heavy atom. The van der Waals surface area contributed by atoms with Crippen LogP contribution in [0, 0.1) is 17.0 Å². The molecule has 1 amide bonds. The zero-order valence-electron chi connectivity index (χ0n) is 11.2. The molecule has 0 bridgehead atoms. The van der Waals surface area contributed by atoms with Crippen LogP contribution >= 0.6 is 0 Å². The van der Waals surface area contributed by atoms with E-state index < -0.39 is 4.92 Å². The van der Waals surface area contributed by atoms with E-state index in [-0.39, 0.29) is 29.4 Å². The van der Waals surface area contributed by atoms with Gasteiger partial charge in [0.25, 0.3) is 11.6 Å². The van der Waals surface area contributed by atoms with Crippen molar-refractivity contribution in [2.24, 2.45) is 0 Å². The summed E-state index contributed by atoms with van der Waals surface area (Å²) in [4.78, 5) is 30.2. The molecule has 0 atom stereocenters. The average Bonchev–Trinajstić information content (AvgIpc) is 2.45. The third kappa shape index (κ3) is 3.50. The number of carbonyl (C=O) groups excluding carboxylic acids is 1. The summed E-state index contributed by atoms with van der Waals surface area (Å²) >= 11 is 0. The van der Waals surface area contributed by atoms with Gasteiger partial charge in [-0.15, -0.1) is 0 Å². The first kappa shape index (κ1) is 14.4. The molecule has 21 heavy (non-hydrogen) atoms. The molecule has 8 heteroatoms. The van der Waals surface area contributed by atoms with Gasteiger partial charge in [-0.3, -0.25) is 24.9 Å². The number of hydrogen-bond acceptors (Lipinski definition) is 6. The Labute approximate surface area is 120 Å². The number of nitrogens with zero attached hydrogens (tertiary/aromatic N) is 3. The molecule has 3 N–H and O–H groups in total. The van der Waals surface area contributed by atoms with Crippen molar-refractivity contribution < 1.29 is 9.72 Å². The van der Waals surface area contributed by atoms with Gasteiger partial charge in [0.2, 0.25) is 0 Å². The quantitative estimate of drug-likeness (QED) is 0.494. The minimum atomic E-state index is -0.598. The Morgan fingerprint density at radius 1 is 1.38 bits per heavy atom. The number of nitrogen functional groups attached to an aromatic ring is 1. The van der Waals surface area contributed by atoms with Crippen molar-refractivity contribution in [3.8, 4) is 0 Å². The van der Waals surface area contributed by atoms with Crippen LogP contribution in [0.5, 0.6) is 0 Å². The van der Waals surface area contributed by atoms with Crippen molar-refractivity contribution in [2.75, 3.05) is 5.73 Å². The Hall–Kier alpha value is -3.03. The van der Waals surface area contributed by atoms with Crippen LogP contribution in [-0.2, 0) is 6.54 Å². The topological polar surface area (TPSA) is 124 Å². The van der Waals surface area contributed by atoms with Gasteiger partial charge in [0, 0.05) is 17.8 Å². The van der Waals surface area contributed by atoms with Crippen LogP contribution in [0.3, 0.4) is 0 Å². The lowest BCUT2D eigenvalue weighted by Crippen LogP contribution is -2.23. The molecule has 1 aromatic carbocycles. The van der Waals surface area contributed by atoms with Gasteiger partial charge >= 0.3 is 0 Å².